The van der Waals surface area contributed by atoms with Crippen molar-refractivity contribution < 1.29 is 33.6 Å². The summed E-state index contributed by atoms with van der Waals surface area (Å²) in [7, 11) is 0.907. The fraction of sp³-hybridized carbons (Fsp3) is 0.222. The van der Waals surface area contributed by atoms with E-state index in [0.29, 0.717) is 6.07 Å². The predicted molar refractivity (Wildman–Crippen MR) is 46.7 cm³/mol. The minimum Gasteiger partial charge on any atom is -0.505 e. The van der Waals surface area contributed by atoms with Crippen LogP contribution >= 0.6 is 0 Å². The molecule has 1 aromatic carbocycles. The van der Waals surface area contributed by atoms with E-state index in [1.165, 1.54) is 0 Å². The third-order valence-electron chi connectivity index (χ3n) is 1.89. The largest absolute Gasteiger partial charge is 0.505 e. The van der Waals surface area contributed by atoms with Gasteiger partial charge in [0.1, 0.15) is 0 Å². The number of methoxy groups -OCH3 is 1. The van der Waals surface area contributed by atoms with E-state index >= 15 is 0 Å². The van der Waals surface area contributed by atoms with Crippen molar-refractivity contribution in [3.8, 4) is 11.5 Å². The van der Waals surface area contributed by atoms with Crippen LogP contribution in [0, 0.1) is 11.6 Å². The maximum Gasteiger partial charge on any atom is 0.339 e. The average molecular weight is 234 g/mol. The molecule has 16 heavy (non-hydrogen) atoms. The van der Waals surface area contributed by atoms with Gasteiger partial charge in [0.15, 0.2) is 29.2 Å². The van der Waals surface area contributed by atoms with Crippen LogP contribution in [0.4, 0.5) is 8.78 Å². The standard InChI is InChI=1S/C9H8F2O5/c1-16-9(15)8(14)5-6(10)3(12)2-4(13)7(5)11/h2,8,12-14H,1H3. The summed E-state index contributed by atoms with van der Waals surface area (Å²) in [6, 6.07) is 0.415. The first-order chi connectivity index (χ1) is 7.40. The minimum absolute atomic E-state index is 0.415. The number of aliphatic hydroxyl groups excluding tert-OH is 1. The van der Waals surface area contributed by atoms with E-state index in [-0.39, 0.29) is 0 Å². The Morgan fingerprint density at radius 2 is 1.75 bits per heavy atom. The Balaban J connectivity index is 3.37. The van der Waals surface area contributed by atoms with Crippen LogP contribution in [0.5, 0.6) is 11.5 Å². The molecule has 0 aliphatic heterocycles. The molecule has 88 valence electrons. The van der Waals surface area contributed by atoms with Crippen molar-refractivity contribution in [3.63, 3.8) is 0 Å². The molecular weight excluding hydrogens is 226 g/mol. The molecule has 0 saturated heterocycles. The molecule has 0 heterocycles. The Morgan fingerprint density at radius 3 is 2.12 bits per heavy atom. The monoisotopic (exact) mass is 234 g/mol. The number of aromatic hydroxyl groups is 2. The number of hydrogen-bond acceptors (Lipinski definition) is 5. The van der Waals surface area contributed by atoms with Gasteiger partial charge in [-0.25, -0.2) is 13.6 Å². The highest BCUT2D eigenvalue weighted by Gasteiger charge is 2.29. The second-order valence-electron chi connectivity index (χ2n) is 2.88. The van der Waals surface area contributed by atoms with E-state index in [2.05, 4.69) is 4.74 Å². The smallest absolute Gasteiger partial charge is 0.339 e. The number of phenols is 2. The summed E-state index contributed by atoms with van der Waals surface area (Å²) in [6.07, 6.45) is -2.26. The number of rotatable bonds is 2. The van der Waals surface area contributed by atoms with Crippen LogP contribution in [0.3, 0.4) is 0 Å². The highest BCUT2D eigenvalue weighted by Crippen LogP contribution is 2.33. The molecule has 0 spiro atoms. The molecule has 5 nitrogen and oxygen atoms in total. The number of esters is 1. The number of halogens is 2. The fourth-order valence-corrected chi connectivity index (χ4v) is 1.10. The SMILES string of the molecule is COC(=O)C(O)c1c(F)c(O)cc(O)c1F. The van der Waals surface area contributed by atoms with E-state index in [9.17, 15) is 18.7 Å². The third kappa shape index (κ3) is 1.89. The number of carbonyl (C=O) groups excluding carboxylic acids is 1. The second kappa shape index (κ2) is 4.31. The van der Waals surface area contributed by atoms with Crippen LogP contribution < -0.4 is 0 Å². The van der Waals surface area contributed by atoms with Crippen molar-refractivity contribution in [2.45, 2.75) is 6.10 Å². The lowest BCUT2D eigenvalue weighted by atomic mass is 10.1. The van der Waals surface area contributed by atoms with Crippen molar-refractivity contribution >= 4 is 5.97 Å². The van der Waals surface area contributed by atoms with Gasteiger partial charge in [0.25, 0.3) is 0 Å². The highest BCUT2D eigenvalue weighted by atomic mass is 19.1. The summed E-state index contributed by atoms with van der Waals surface area (Å²) in [6.45, 7) is 0. The van der Waals surface area contributed by atoms with Gasteiger partial charge in [-0.15, -0.1) is 0 Å². The van der Waals surface area contributed by atoms with Gasteiger partial charge < -0.3 is 20.1 Å². The highest BCUT2D eigenvalue weighted by molar-refractivity contribution is 5.76. The van der Waals surface area contributed by atoms with E-state index in [1.807, 2.05) is 0 Å². The molecule has 1 atom stereocenters. The molecular formula is C9H8F2O5. The first-order valence-corrected chi connectivity index (χ1v) is 4.05. The fourth-order valence-electron chi connectivity index (χ4n) is 1.10. The molecule has 3 N–H and O–H groups in total. The maximum atomic E-state index is 13.2. The van der Waals surface area contributed by atoms with Crippen molar-refractivity contribution in [3.05, 3.63) is 23.3 Å². The molecule has 0 aliphatic carbocycles. The lowest BCUT2D eigenvalue weighted by Crippen LogP contribution is -2.16. The Hall–Kier alpha value is -1.89. The van der Waals surface area contributed by atoms with Gasteiger partial charge in [-0.3, -0.25) is 0 Å². The first kappa shape index (κ1) is 12.2. The van der Waals surface area contributed by atoms with Crippen molar-refractivity contribution in [1.82, 2.24) is 0 Å². The van der Waals surface area contributed by atoms with Crippen LogP contribution in [0.15, 0.2) is 6.07 Å². The predicted octanol–water partition coefficient (Wildman–Crippen LogP) is 0.582. The van der Waals surface area contributed by atoms with Crippen molar-refractivity contribution in [2.75, 3.05) is 7.11 Å². The lowest BCUT2D eigenvalue weighted by molar-refractivity contribution is -0.151. The summed E-state index contributed by atoms with van der Waals surface area (Å²) in [5, 5.41) is 27.1. The van der Waals surface area contributed by atoms with Crippen LogP contribution in [-0.4, -0.2) is 28.4 Å². The average Bonchev–Trinajstić information content (AvgIpc) is 2.25. The van der Waals surface area contributed by atoms with Gasteiger partial charge in [0.05, 0.1) is 12.7 Å². The molecule has 1 aromatic rings. The second-order valence-corrected chi connectivity index (χ2v) is 2.88. The number of ether oxygens (including phenoxy) is 1. The molecule has 1 rings (SSSR count). The molecule has 0 saturated carbocycles. The Bertz CT molecular complexity index is 406. The molecule has 0 aliphatic rings. The number of carbonyl (C=O) groups is 1. The number of benzene rings is 1. The number of aliphatic hydroxyl groups is 1. The third-order valence-corrected chi connectivity index (χ3v) is 1.89. The number of hydrogen-bond donors (Lipinski definition) is 3. The first-order valence-electron chi connectivity index (χ1n) is 4.05. The van der Waals surface area contributed by atoms with Crippen molar-refractivity contribution in [1.29, 1.82) is 0 Å². The van der Waals surface area contributed by atoms with Gasteiger partial charge in [-0.2, -0.15) is 0 Å². The van der Waals surface area contributed by atoms with E-state index in [1.54, 1.807) is 0 Å². The minimum atomic E-state index is -2.26. The molecule has 0 radical (unpaired) electrons. The van der Waals surface area contributed by atoms with E-state index < -0.39 is 40.8 Å². The van der Waals surface area contributed by atoms with Gasteiger partial charge >= 0.3 is 5.97 Å². The van der Waals surface area contributed by atoms with E-state index in [4.69, 9.17) is 10.2 Å². The summed E-state index contributed by atoms with van der Waals surface area (Å²) in [5.41, 5.74) is -1.16. The van der Waals surface area contributed by atoms with Gasteiger partial charge in [0, 0.05) is 6.07 Å². The molecule has 1 unspecified atom stereocenters. The molecule has 0 amide bonds. The Kier molecular flexibility index (Phi) is 3.28. The van der Waals surface area contributed by atoms with E-state index in [0.717, 1.165) is 7.11 Å². The summed E-state index contributed by atoms with van der Waals surface area (Å²) in [4.78, 5) is 10.9. The summed E-state index contributed by atoms with van der Waals surface area (Å²) in [5.74, 6) is -6.56. The number of phenolic OH excluding ortho intramolecular Hbond substituents is 2. The maximum absolute atomic E-state index is 13.2. The molecule has 0 aromatic heterocycles. The topological polar surface area (TPSA) is 87.0 Å². The summed E-state index contributed by atoms with van der Waals surface area (Å²) >= 11 is 0. The zero-order chi connectivity index (χ0) is 12.5. The molecule has 0 bridgehead atoms. The summed E-state index contributed by atoms with van der Waals surface area (Å²) < 4.78 is 30.5. The molecule has 0 fully saturated rings. The van der Waals surface area contributed by atoms with Crippen LogP contribution in [0.2, 0.25) is 0 Å². The van der Waals surface area contributed by atoms with Crippen LogP contribution in [0.25, 0.3) is 0 Å². The van der Waals surface area contributed by atoms with Gasteiger partial charge in [0.2, 0.25) is 0 Å². The zero-order valence-electron chi connectivity index (χ0n) is 8.07. The quantitative estimate of drug-likeness (QED) is 0.651. The lowest BCUT2D eigenvalue weighted by Gasteiger charge is -2.12. The Labute approximate surface area is 88.5 Å². The zero-order valence-corrected chi connectivity index (χ0v) is 8.07. The molecule has 7 heteroatoms. The van der Waals surface area contributed by atoms with Crippen LogP contribution in [-0.2, 0) is 9.53 Å². The van der Waals surface area contributed by atoms with Gasteiger partial charge in [-0.05, 0) is 0 Å². The van der Waals surface area contributed by atoms with Crippen molar-refractivity contribution in [2.24, 2.45) is 0 Å². The Morgan fingerprint density at radius 1 is 1.31 bits per heavy atom. The van der Waals surface area contributed by atoms with Crippen LogP contribution in [0.1, 0.15) is 11.7 Å². The van der Waals surface area contributed by atoms with Gasteiger partial charge in [-0.1, -0.05) is 0 Å². The normalized spacial score (nSPS) is 12.2.